The van der Waals surface area contributed by atoms with Crippen LogP contribution in [0.25, 0.3) is 0 Å². The number of rotatable bonds is 6. The average Bonchev–Trinajstić information content (AvgIpc) is 2.27. The molecule has 2 N–H and O–H groups in total. The maximum atomic E-state index is 12.8. The fourth-order valence-electron chi connectivity index (χ4n) is 1.52. The van der Waals surface area contributed by atoms with E-state index in [1.54, 1.807) is 19.1 Å². The van der Waals surface area contributed by atoms with Crippen LogP contribution in [0.4, 0.5) is 13.2 Å². The maximum Gasteiger partial charge on any atom is 0.404 e. The largest absolute Gasteiger partial charge is 0.404 e. The molecule has 0 saturated carbocycles. The molecule has 0 fully saturated rings. The van der Waals surface area contributed by atoms with Crippen molar-refractivity contribution in [1.29, 1.82) is 0 Å². The number of nitrogens with one attached hydrogen (secondary N) is 1. The molecule has 0 aliphatic rings. The molecular formula is C12H17F3N2O. The molecule has 2 atom stereocenters. The number of alkyl halides is 3. The molecule has 0 spiro atoms. The van der Waals surface area contributed by atoms with Crippen molar-refractivity contribution < 1.29 is 18.3 Å². The SMILES string of the molecule is CC(O)CCNC(Cc1ccncc1)C(F)(F)F. The third kappa shape index (κ3) is 5.46. The first kappa shape index (κ1) is 14.9. The van der Waals surface area contributed by atoms with Gasteiger partial charge in [-0.2, -0.15) is 13.2 Å². The topological polar surface area (TPSA) is 45.1 Å². The van der Waals surface area contributed by atoms with E-state index in [2.05, 4.69) is 10.3 Å². The number of aromatic nitrogens is 1. The standard InChI is InChI=1S/C12H17F3N2O/c1-9(18)2-7-17-11(12(13,14)15)8-10-3-5-16-6-4-10/h3-6,9,11,17-18H,2,7-8H2,1H3. The summed E-state index contributed by atoms with van der Waals surface area (Å²) in [5, 5.41) is 11.5. The van der Waals surface area contributed by atoms with Crippen LogP contribution in [0.15, 0.2) is 24.5 Å². The van der Waals surface area contributed by atoms with Gasteiger partial charge in [0.25, 0.3) is 0 Å². The molecule has 1 aromatic rings. The Morgan fingerprint density at radius 3 is 2.44 bits per heavy atom. The van der Waals surface area contributed by atoms with Crippen molar-refractivity contribution in [3.63, 3.8) is 0 Å². The summed E-state index contributed by atoms with van der Waals surface area (Å²) in [4.78, 5) is 3.77. The second kappa shape index (κ2) is 6.70. The minimum Gasteiger partial charge on any atom is -0.393 e. The van der Waals surface area contributed by atoms with E-state index in [4.69, 9.17) is 5.11 Å². The van der Waals surface area contributed by atoms with Crippen molar-refractivity contribution in [2.45, 2.75) is 38.1 Å². The normalized spacial score (nSPS) is 15.4. The van der Waals surface area contributed by atoms with Gasteiger partial charge in [0, 0.05) is 12.4 Å². The Balaban J connectivity index is 2.57. The summed E-state index contributed by atoms with van der Waals surface area (Å²) in [5.74, 6) is 0. The number of aliphatic hydroxyl groups excluding tert-OH is 1. The fourth-order valence-corrected chi connectivity index (χ4v) is 1.52. The van der Waals surface area contributed by atoms with Crippen molar-refractivity contribution in [2.75, 3.05) is 6.54 Å². The Morgan fingerprint density at radius 1 is 1.33 bits per heavy atom. The van der Waals surface area contributed by atoms with Crippen LogP contribution in [0.3, 0.4) is 0 Å². The molecular weight excluding hydrogens is 245 g/mol. The average molecular weight is 262 g/mol. The van der Waals surface area contributed by atoms with E-state index in [-0.39, 0.29) is 13.0 Å². The molecule has 3 nitrogen and oxygen atoms in total. The van der Waals surface area contributed by atoms with Gasteiger partial charge in [0.2, 0.25) is 0 Å². The minimum absolute atomic E-state index is 0.132. The lowest BCUT2D eigenvalue weighted by Gasteiger charge is -2.22. The van der Waals surface area contributed by atoms with E-state index in [9.17, 15) is 13.2 Å². The molecule has 18 heavy (non-hydrogen) atoms. The lowest BCUT2D eigenvalue weighted by Crippen LogP contribution is -2.44. The summed E-state index contributed by atoms with van der Waals surface area (Å²) < 4.78 is 38.4. The van der Waals surface area contributed by atoms with Crippen molar-refractivity contribution in [3.05, 3.63) is 30.1 Å². The van der Waals surface area contributed by atoms with Crippen molar-refractivity contribution in [2.24, 2.45) is 0 Å². The summed E-state index contributed by atoms with van der Waals surface area (Å²) in [7, 11) is 0. The molecule has 0 bridgehead atoms. The van der Waals surface area contributed by atoms with Crippen LogP contribution in [0.5, 0.6) is 0 Å². The van der Waals surface area contributed by atoms with Crippen LogP contribution in [0.1, 0.15) is 18.9 Å². The molecule has 0 radical (unpaired) electrons. The first-order valence-electron chi connectivity index (χ1n) is 5.76. The van der Waals surface area contributed by atoms with Crippen LogP contribution in [-0.2, 0) is 6.42 Å². The Morgan fingerprint density at radius 2 is 1.94 bits per heavy atom. The van der Waals surface area contributed by atoms with Gasteiger partial charge in [-0.25, -0.2) is 0 Å². The first-order valence-corrected chi connectivity index (χ1v) is 5.76. The number of pyridine rings is 1. The number of aliphatic hydroxyl groups is 1. The number of hydrogen-bond donors (Lipinski definition) is 2. The van der Waals surface area contributed by atoms with Gasteiger partial charge in [0.1, 0.15) is 6.04 Å². The van der Waals surface area contributed by atoms with Gasteiger partial charge >= 0.3 is 6.18 Å². The summed E-state index contributed by atoms with van der Waals surface area (Å²) in [6.45, 7) is 1.68. The third-order valence-electron chi connectivity index (χ3n) is 2.54. The second-order valence-electron chi connectivity index (χ2n) is 4.25. The highest BCUT2D eigenvalue weighted by Crippen LogP contribution is 2.23. The summed E-state index contributed by atoms with van der Waals surface area (Å²) in [6, 6.07) is 1.53. The van der Waals surface area contributed by atoms with Gasteiger partial charge in [-0.15, -0.1) is 0 Å². The summed E-state index contributed by atoms with van der Waals surface area (Å²) >= 11 is 0. The van der Waals surface area contributed by atoms with Crippen LogP contribution in [-0.4, -0.2) is 35.0 Å². The van der Waals surface area contributed by atoms with Gasteiger partial charge in [-0.1, -0.05) is 0 Å². The molecule has 0 saturated heterocycles. The molecule has 0 amide bonds. The van der Waals surface area contributed by atoms with E-state index in [1.165, 1.54) is 12.4 Å². The molecule has 0 aromatic carbocycles. The predicted octanol–water partition coefficient (Wildman–Crippen LogP) is 1.92. The molecule has 6 heteroatoms. The minimum atomic E-state index is -4.30. The monoisotopic (exact) mass is 262 g/mol. The Hall–Kier alpha value is -1.14. The first-order chi connectivity index (χ1) is 8.39. The molecule has 1 rings (SSSR count). The van der Waals surface area contributed by atoms with Gasteiger partial charge in [-0.3, -0.25) is 4.98 Å². The summed E-state index contributed by atoms with van der Waals surface area (Å²) in [6.07, 6.45) is -1.80. The highest BCUT2D eigenvalue weighted by Gasteiger charge is 2.38. The van der Waals surface area contributed by atoms with Gasteiger partial charge < -0.3 is 10.4 Å². The third-order valence-corrected chi connectivity index (χ3v) is 2.54. The smallest absolute Gasteiger partial charge is 0.393 e. The fraction of sp³-hybridized carbons (Fsp3) is 0.583. The molecule has 2 unspecified atom stereocenters. The zero-order valence-electron chi connectivity index (χ0n) is 10.1. The van der Waals surface area contributed by atoms with Crippen molar-refractivity contribution >= 4 is 0 Å². The summed E-state index contributed by atoms with van der Waals surface area (Å²) in [5.41, 5.74) is 0.580. The van der Waals surface area contributed by atoms with Crippen molar-refractivity contribution in [1.82, 2.24) is 10.3 Å². The second-order valence-corrected chi connectivity index (χ2v) is 4.25. The number of nitrogens with zero attached hydrogens (tertiary/aromatic N) is 1. The van der Waals surface area contributed by atoms with Crippen LogP contribution in [0.2, 0.25) is 0 Å². The van der Waals surface area contributed by atoms with E-state index in [1.807, 2.05) is 0 Å². The van der Waals surface area contributed by atoms with E-state index in [0.29, 0.717) is 12.0 Å². The zero-order chi connectivity index (χ0) is 13.6. The van der Waals surface area contributed by atoms with Crippen LogP contribution in [0, 0.1) is 0 Å². The molecule has 1 heterocycles. The van der Waals surface area contributed by atoms with Gasteiger partial charge in [0.05, 0.1) is 6.10 Å². The molecule has 0 aliphatic carbocycles. The van der Waals surface area contributed by atoms with Gasteiger partial charge in [0.15, 0.2) is 0 Å². The number of halogens is 3. The lowest BCUT2D eigenvalue weighted by molar-refractivity contribution is -0.155. The molecule has 102 valence electrons. The molecule has 0 aliphatic heterocycles. The van der Waals surface area contributed by atoms with E-state index < -0.39 is 18.3 Å². The lowest BCUT2D eigenvalue weighted by atomic mass is 10.1. The zero-order valence-corrected chi connectivity index (χ0v) is 10.1. The highest BCUT2D eigenvalue weighted by atomic mass is 19.4. The Labute approximate surface area is 104 Å². The maximum absolute atomic E-state index is 12.8. The van der Waals surface area contributed by atoms with Crippen molar-refractivity contribution in [3.8, 4) is 0 Å². The predicted molar refractivity (Wildman–Crippen MR) is 62.1 cm³/mol. The van der Waals surface area contributed by atoms with E-state index in [0.717, 1.165) is 0 Å². The Kier molecular flexibility index (Phi) is 5.55. The highest BCUT2D eigenvalue weighted by molar-refractivity contribution is 5.12. The van der Waals surface area contributed by atoms with E-state index >= 15 is 0 Å². The van der Waals surface area contributed by atoms with Gasteiger partial charge in [-0.05, 0) is 44.0 Å². The Bertz CT molecular complexity index is 341. The quantitative estimate of drug-likeness (QED) is 0.823. The number of hydrogen-bond acceptors (Lipinski definition) is 3. The van der Waals surface area contributed by atoms with Crippen LogP contribution >= 0.6 is 0 Å². The van der Waals surface area contributed by atoms with Crippen LogP contribution < -0.4 is 5.32 Å². The molecule has 1 aromatic heterocycles.